The first-order valence-corrected chi connectivity index (χ1v) is 6.53. The number of urea groups is 1. The Bertz CT molecular complexity index is 582. The highest BCUT2D eigenvalue weighted by Crippen LogP contribution is 2.15. The number of rotatable bonds is 5. The highest BCUT2D eigenvalue weighted by molar-refractivity contribution is 5.89. The second-order valence-corrected chi connectivity index (χ2v) is 4.34. The molecule has 2 aromatic rings. The molecule has 21 heavy (non-hydrogen) atoms. The van der Waals surface area contributed by atoms with E-state index in [0.29, 0.717) is 12.4 Å². The Hall–Kier alpha value is -2.76. The molecule has 2 rings (SSSR count). The van der Waals surface area contributed by atoms with E-state index in [0.717, 1.165) is 16.9 Å². The predicted molar refractivity (Wildman–Crippen MR) is 82.6 cm³/mol. The number of anilines is 2. The summed E-state index contributed by atoms with van der Waals surface area (Å²) in [6.45, 7) is 0.666. The first-order chi connectivity index (χ1) is 10.2. The molecule has 0 fully saturated rings. The van der Waals surface area contributed by atoms with E-state index in [2.05, 4.69) is 20.9 Å². The number of ether oxygens (including phenoxy) is 1. The van der Waals surface area contributed by atoms with Gasteiger partial charge in [0.25, 0.3) is 0 Å². The third-order valence-corrected chi connectivity index (χ3v) is 2.87. The van der Waals surface area contributed by atoms with Gasteiger partial charge in [-0.25, -0.2) is 9.78 Å². The average Bonchev–Trinajstić information content (AvgIpc) is 2.54. The molecule has 6 nitrogen and oxygen atoms in total. The Morgan fingerprint density at radius 3 is 2.43 bits per heavy atom. The van der Waals surface area contributed by atoms with Crippen LogP contribution in [0.3, 0.4) is 0 Å². The number of amides is 2. The van der Waals surface area contributed by atoms with Gasteiger partial charge in [0.05, 0.1) is 7.11 Å². The minimum atomic E-state index is -0.236. The van der Waals surface area contributed by atoms with E-state index in [9.17, 15) is 4.79 Å². The largest absolute Gasteiger partial charge is 0.481 e. The molecule has 0 aliphatic carbocycles. The van der Waals surface area contributed by atoms with Crippen LogP contribution in [0.5, 0.6) is 5.88 Å². The lowest BCUT2D eigenvalue weighted by Gasteiger charge is -2.08. The Kier molecular flexibility index (Phi) is 4.98. The lowest BCUT2D eigenvalue weighted by Crippen LogP contribution is -2.24. The van der Waals surface area contributed by atoms with Crippen molar-refractivity contribution in [3.8, 4) is 5.88 Å². The first-order valence-electron chi connectivity index (χ1n) is 6.53. The molecule has 0 bridgehead atoms. The highest BCUT2D eigenvalue weighted by atomic mass is 16.5. The van der Waals surface area contributed by atoms with Gasteiger partial charge >= 0.3 is 6.03 Å². The normalized spacial score (nSPS) is 9.81. The number of nitrogens with zero attached hydrogens (tertiary/aromatic N) is 1. The van der Waals surface area contributed by atoms with Gasteiger partial charge in [0.2, 0.25) is 5.88 Å². The van der Waals surface area contributed by atoms with Crippen molar-refractivity contribution >= 4 is 17.4 Å². The van der Waals surface area contributed by atoms with Crippen LogP contribution in [0.25, 0.3) is 0 Å². The summed E-state index contributed by atoms with van der Waals surface area (Å²) in [7, 11) is 3.17. The topological polar surface area (TPSA) is 75.3 Å². The minimum absolute atomic E-state index is 0.236. The molecular weight excluding hydrogens is 268 g/mol. The van der Waals surface area contributed by atoms with Crippen LogP contribution in [0.4, 0.5) is 16.2 Å². The van der Waals surface area contributed by atoms with E-state index in [1.54, 1.807) is 20.4 Å². The van der Waals surface area contributed by atoms with E-state index >= 15 is 0 Å². The van der Waals surface area contributed by atoms with Crippen LogP contribution in [0.1, 0.15) is 5.56 Å². The zero-order valence-electron chi connectivity index (χ0n) is 12.0. The Morgan fingerprint density at radius 2 is 1.86 bits per heavy atom. The quantitative estimate of drug-likeness (QED) is 0.789. The van der Waals surface area contributed by atoms with Crippen LogP contribution in [0.15, 0.2) is 42.6 Å². The fourth-order valence-corrected chi connectivity index (χ4v) is 1.71. The summed E-state index contributed by atoms with van der Waals surface area (Å²) in [5, 5.41) is 8.49. The van der Waals surface area contributed by atoms with Crippen LogP contribution in [0, 0.1) is 0 Å². The van der Waals surface area contributed by atoms with Crippen LogP contribution >= 0.6 is 0 Å². The van der Waals surface area contributed by atoms with Crippen molar-refractivity contribution in [3.63, 3.8) is 0 Å². The molecular formula is C15H18N4O2. The number of carbonyl (C=O) groups is 1. The monoisotopic (exact) mass is 286 g/mol. The number of carbonyl (C=O) groups excluding carboxylic acids is 1. The molecule has 110 valence electrons. The molecule has 0 unspecified atom stereocenters. The van der Waals surface area contributed by atoms with E-state index in [-0.39, 0.29) is 6.03 Å². The van der Waals surface area contributed by atoms with Gasteiger partial charge in [-0.2, -0.15) is 0 Å². The average molecular weight is 286 g/mol. The molecule has 0 aliphatic heterocycles. The van der Waals surface area contributed by atoms with Crippen molar-refractivity contribution in [2.24, 2.45) is 0 Å². The second kappa shape index (κ2) is 7.14. The zero-order valence-corrected chi connectivity index (χ0v) is 12.0. The van der Waals surface area contributed by atoms with E-state index < -0.39 is 0 Å². The summed E-state index contributed by atoms with van der Waals surface area (Å²) >= 11 is 0. The van der Waals surface area contributed by atoms with Crippen LogP contribution in [0.2, 0.25) is 0 Å². The second-order valence-electron chi connectivity index (χ2n) is 4.34. The van der Waals surface area contributed by atoms with Crippen molar-refractivity contribution < 1.29 is 9.53 Å². The molecule has 2 amide bonds. The molecule has 1 aromatic heterocycles. The SMILES string of the molecule is CNC(=O)Nc1ccc(NCc2ccc(OC)nc2)cc1. The van der Waals surface area contributed by atoms with Crippen LogP contribution in [-0.4, -0.2) is 25.2 Å². The summed E-state index contributed by atoms with van der Waals surface area (Å²) < 4.78 is 5.01. The van der Waals surface area contributed by atoms with Crippen LogP contribution in [-0.2, 0) is 6.54 Å². The summed E-state index contributed by atoms with van der Waals surface area (Å²) in [5.74, 6) is 0.600. The number of aromatic nitrogens is 1. The smallest absolute Gasteiger partial charge is 0.318 e. The molecule has 0 atom stereocenters. The summed E-state index contributed by atoms with van der Waals surface area (Å²) in [4.78, 5) is 15.3. The highest BCUT2D eigenvalue weighted by Gasteiger charge is 1.99. The van der Waals surface area contributed by atoms with Crippen LogP contribution < -0.4 is 20.7 Å². The molecule has 1 aromatic carbocycles. The maximum Gasteiger partial charge on any atom is 0.318 e. The molecule has 0 spiro atoms. The summed E-state index contributed by atoms with van der Waals surface area (Å²) in [6.07, 6.45) is 1.77. The van der Waals surface area contributed by atoms with Gasteiger partial charge in [0.15, 0.2) is 0 Å². The molecule has 0 aliphatic rings. The van der Waals surface area contributed by atoms with Gasteiger partial charge in [0.1, 0.15) is 0 Å². The van der Waals surface area contributed by atoms with Crippen molar-refractivity contribution in [2.45, 2.75) is 6.54 Å². The molecule has 0 radical (unpaired) electrons. The standard InChI is InChI=1S/C15H18N4O2/c1-16-15(20)19-13-6-4-12(5-7-13)17-9-11-3-8-14(21-2)18-10-11/h3-8,10,17H,9H2,1-2H3,(H2,16,19,20). The Balaban J connectivity index is 1.89. The van der Waals surface area contributed by atoms with E-state index in [4.69, 9.17) is 4.74 Å². The Labute approximate surface area is 123 Å². The lowest BCUT2D eigenvalue weighted by molar-refractivity contribution is 0.254. The third-order valence-electron chi connectivity index (χ3n) is 2.87. The maximum atomic E-state index is 11.2. The van der Waals surface area contributed by atoms with Gasteiger partial charge in [-0.05, 0) is 29.8 Å². The van der Waals surface area contributed by atoms with Gasteiger partial charge in [0, 0.05) is 37.2 Å². The fourth-order valence-electron chi connectivity index (χ4n) is 1.71. The Morgan fingerprint density at radius 1 is 1.14 bits per heavy atom. The van der Waals surface area contributed by atoms with Gasteiger partial charge in [-0.1, -0.05) is 6.07 Å². The summed E-state index contributed by atoms with van der Waals surface area (Å²) in [6, 6.07) is 11.0. The molecule has 0 saturated heterocycles. The number of methoxy groups -OCH3 is 1. The van der Waals surface area contributed by atoms with Gasteiger partial charge in [-0.3, -0.25) is 0 Å². The molecule has 3 N–H and O–H groups in total. The van der Waals surface area contributed by atoms with E-state index in [1.165, 1.54) is 0 Å². The number of hydrogen-bond donors (Lipinski definition) is 3. The predicted octanol–water partition coefficient (Wildman–Crippen LogP) is 2.45. The van der Waals surface area contributed by atoms with Gasteiger partial charge < -0.3 is 20.7 Å². The van der Waals surface area contributed by atoms with Crippen molar-refractivity contribution in [1.29, 1.82) is 0 Å². The number of benzene rings is 1. The number of pyridine rings is 1. The minimum Gasteiger partial charge on any atom is -0.481 e. The van der Waals surface area contributed by atoms with Crippen molar-refractivity contribution in [3.05, 3.63) is 48.2 Å². The van der Waals surface area contributed by atoms with E-state index in [1.807, 2.05) is 36.4 Å². The zero-order chi connectivity index (χ0) is 15.1. The van der Waals surface area contributed by atoms with Gasteiger partial charge in [-0.15, -0.1) is 0 Å². The van der Waals surface area contributed by atoms with Crippen molar-refractivity contribution in [2.75, 3.05) is 24.8 Å². The maximum absolute atomic E-state index is 11.2. The molecule has 6 heteroatoms. The number of hydrogen-bond acceptors (Lipinski definition) is 4. The fraction of sp³-hybridized carbons (Fsp3) is 0.200. The summed E-state index contributed by atoms with van der Waals surface area (Å²) in [5.41, 5.74) is 2.77. The van der Waals surface area contributed by atoms with Crippen molar-refractivity contribution in [1.82, 2.24) is 10.3 Å². The third kappa shape index (κ3) is 4.38. The molecule has 1 heterocycles. The molecule has 0 saturated carbocycles. The first kappa shape index (κ1) is 14.6. The number of nitrogens with one attached hydrogen (secondary N) is 3. The lowest BCUT2D eigenvalue weighted by atomic mass is 10.2.